The van der Waals surface area contributed by atoms with Crippen LogP contribution in [0.4, 0.5) is 0 Å². The van der Waals surface area contributed by atoms with Gasteiger partial charge < -0.3 is 10.5 Å². The van der Waals surface area contributed by atoms with E-state index in [2.05, 4.69) is 22.0 Å². The molecule has 1 fully saturated rings. The SMILES string of the molecule is NC1CC(C2CCCCC2)Oc2ccc(Br)cc21. The van der Waals surface area contributed by atoms with Crippen molar-refractivity contribution in [2.75, 3.05) is 0 Å². The first-order valence-corrected chi connectivity index (χ1v) is 7.75. The molecule has 2 N–H and O–H groups in total. The molecule has 1 aliphatic carbocycles. The van der Waals surface area contributed by atoms with Crippen LogP contribution in [0.15, 0.2) is 22.7 Å². The second-order valence-electron chi connectivity index (χ2n) is 5.58. The fraction of sp³-hybridized carbons (Fsp3) is 0.600. The van der Waals surface area contributed by atoms with Gasteiger partial charge in [-0.2, -0.15) is 0 Å². The molecule has 2 atom stereocenters. The first-order valence-electron chi connectivity index (χ1n) is 6.96. The van der Waals surface area contributed by atoms with Gasteiger partial charge in [-0.05, 0) is 37.0 Å². The minimum absolute atomic E-state index is 0.123. The Balaban J connectivity index is 1.80. The van der Waals surface area contributed by atoms with Gasteiger partial charge in [-0.3, -0.25) is 0 Å². The molecule has 2 nitrogen and oxygen atoms in total. The molecule has 3 rings (SSSR count). The molecule has 98 valence electrons. The van der Waals surface area contributed by atoms with E-state index in [1.165, 1.54) is 32.1 Å². The van der Waals surface area contributed by atoms with Gasteiger partial charge in [0.25, 0.3) is 0 Å². The van der Waals surface area contributed by atoms with Crippen LogP contribution >= 0.6 is 15.9 Å². The zero-order valence-corrected chi connectivity index (χ0v) is 12.2. The van der Waals surface area contributed by atoms with E-state index in [0.717, 1.165) is 22.2 Å². The van der Waals surface area contributed by atoms with E-state index in [9.17, 15) is 0 Å². The number of ether oxygens (including phenoxy) is 1. The van der Waals surface area contributed by atoms with Gasteiger partial charge in [-0.25, -0.2) is 0 Å². The summed E-state index contributed by atoms with van der Waals surface area (Å²) in [6, 6.07) is 6.30. The molecular weight excluding hydrogens is 290 g/mol. The molecular formula is C15H20BrNO. The summed E-state index contributed by atoms with van der Waals surface area (Å²) in [5, 5.41) is 0. The predicted molar refractivity (Wildman–Crippen MR) is 76.7 cm³/mol. The van der Waals surface area contributed by atoms with Crippen molar-refractivity contribution in [3.05, 3.63) is 28.2 Å². The molecule has 0 amide bonds. The minimum atomic E-state index is 0.123. The van der Waals surface area contributed by atoms with Crippen molar-refractivity contribution in [1.29, 1.82) is 0 Å². The van der Waals surface area contributed by atoms with Gasteiger partial charge in [0.2, 0.25) is 0 Å². The van der Waals surface area contributed by atoms with Gasteiger partial charge in [0, 0.05) is 22.5 Å². The van der Waals surface area contributed by atoms with E-state index < -0.39 is 0 Å². The highest BCUT2D eigenvalue weighted by atomic mass is 79.9. The number of fused-ring (bicyclic) bond motifs is 1. The molecule has 2 aliphatic rings. The number of hydrogen-bond donors (Lipinski definition) is 1. The van der Waals surface area contributed by atoms with E-state index in [-0.39, 0.29) is 6.04 Å². The largest absolute Gasteiger partial charge is 0.490 e. The molecule has 3 heteroatoms. The molecule has 0 bridgehead atoms. The normalized spacial score (nSPS) is 28.6. The zero-order chi connectivity index (χ0) is 12.5. The number of benzene rings is 1. The first-order chi connectivity index (χ1) is 8.74. The highest BCUT2D eigenvalue weighted by Crippen LogP contribution is 2.40. The molecule has 0 aromatic heterocycles. The van der Waals surface area contributed by atoms with Gasteiger partial charge >= 0.3 is 0 Å². The number of nitrogens with two attached hydrogens (primary N) is 1. The minimum Gasteiger partial charge on any atom is -0.490 e. The lowest BCUT2D eigenvalue weighted by Gasteiger charge is -2.36. The third-order valence-corrected chi connectivity index (χ3v) is 4.80. The summed E-state index contributed by atoms with van der Waals surface area (Å²) in [6.45, 7) is 0. The van der Waals surface area contributed by atoms with Crippen molar-refractivity contribution in [1.82, 2.24) is 0 Å². The van der Waals surface area contributed by atoms with Crippen molar-refractivity contribution in [2.45, 2.75) is 50.7 Å². The summed E-state index contributed by atoms with van der Waals surface area (Å²) < 4.78 is 7.28. The van der Waals surface area contributed by atoms with E-state index in [4.69, 9.17) is 10.5 Å². The highest BCUT2D eigenvalue weighted by molar-refractivity contribution is 9.10. The maximum atomic E-state index is 6.31. The van der Waals surface area contributed by atoms with Gasteiger partial charge in [0.15, 0.2) is 0 Å². The maximum absolute atomic E-state index is 6.31. The molecule has 1 aromatic carbocycles. The van der Waals surface area contributed by atoms with E-state index in [0.29, 0.717) is 12.0 Å². The van der Waals surface area contributed by atoms with Crippen LogP contribution in [-0.2, 0) is 0 Å². The molecule has 1 aliphatic heterocycles. The molecule has 1 aromatic rings. The third-order valence-electron chi connectivity index (χ3n) is 4.31. The summed E-state index contributed by atoms with van der Waals surface area (Å²) in [7, 11) is 0. The monoisotopic (exact) mass is 309 g/mol. The van der Waals surface area contributed by atoms with E-state index in [1.54, 1.807) is 0 Å². The molecule has 18 heavy (non-hydrogen) atoms. The summed E-state index contributed by atoms with van der Waals surface area (Å²) in [4.78, 5) is 0. The average molecular weight is 310 g/mol. The Bertz CT molecular complexity index is 429. The fourth-order valence-corrected chi connectivity index (χ4v) is 3.68. The number of rotatable bonds is 1. The quantitative estimate of drug-likeness (QED) is 0.844. The predicted octanol–water partition coefficient (Wildman–Crippen LogP) is 4.18. The van der Waals surface area contributed by atoms with Crippen molar-refractivity contribution in [2.24, 2.45) is 11.7 Å². The molecule has 0 saturated heterocycles. The number of hydrogen-bond acceptors (Lipinski definition) is 2. The maximum Gasteiger partial charge on any atom is 0.124 e. The Morgan fingerprint density at radius 3 is 2.72 bits per heavy atom. The van der Waals surface area contributed by atoms with E-state index in [1.807, 2.05) is 12.1 Å². The summed E-state index contributed by atoms with van der Waals surface area (Å²) in [6.07, 6.45) is 8.01. The molecule has 1 heterocycles. The Morgan fingerprint density at radius 2 is 1.94 bits per heavy atom. The van der Waals surface area contributed by atoms with Crippen LogP contribution in [0.25, 0.3) is 0 Å². The van der Waals surface area contributed by atoms with Crippen LogP contribution in [0.2, 0.25) is 0 Å². The van der Waals surface area contributed by atoms with Crippen LogP contribution in [0, 0.1) is 5.92 Å². The van der Waals surface area contributed by atoms with Crippen LogP contribution in [0.5, 0.6) is 5.75 Å². The second kappa shape index (κ2) is 5.22. The van der Waals surface area contributed by atoms with Crippen LogP contribution < -0.4 is 10.5 Å². The molecule has 0 radical (unpaired) electrons. The summed E-state index contributed by atoms with van der Waals surface area (Å²) in [5.74, 6) is 1.70. The van der Waals surface area contributed by atoms with Crippen LogP contribution in [-0.4, -0.2) is 6.10 Å². The molecule has 0 spiro atoms. The summed E-state index contributed by atoms with van der Waals surface area (Å²) >= 11 is 3.50. The first kappa shape index (κ1) is 12.5. The third kappa shape index (κ3) is 2.43. The standard InChI is InChI=1S/C15H20BrNO/c16-11-6-7-14-12(8-11)13(17)9-15(18-14)10-4-2-1-3-5-10/h6-8,10,13,15H,1-5,9,17H2. The molecule has 1 saturated carbocycles. The van der Waals surface area contributed by atoms with Gasteiger partial charge in [0.05, 0.1) is 0 Å². The zero-order valence-electron chi connectivity index (χ0n) is 10.6. The fourth-order valence-electron chi connectivity index (χ4n) is 3.30. The van der Waals surface area contributed by atoms with Crippen molar-refractivity contribution in [3.8, 4) is 5.75 Å². The van der Waals surface area contributed by atoms with Gasteiger partial charge in [-0.1, -0.05) is 35.2 Å². The van der Waals surface area contributed by atoms with Crippen molar-refractivity contribution >= 4 is 15.9 Å². The smallest absolute Gasteiger partial charge is 0.124 e. The van der Waals surface area contributed by atoms with Crippen molar-refractivity contribution in [3.63, 3.8) is 0 Å². The van der Waals surface area contributed by atoms with Crippen LogP contribution in [0.3, 0.4) is 0 Å². The van der Waals surface area contributed by atoms with Gasteiger partial charge in [-0.15, -0.1) is 0 Å². The Morgan fingerprint density at radius 1 is 1.17 bits per heavy atom. The Hall–Kier alpha value is -0.540. The average Bonchev–Trinajstić information content (AvgIpc) is 2.40. The van der Waals surface area contributed by atoms with Crippen molar-refractivity contribution < 1.29 is 4.74 Å². The lowest BCUT2D eigenvalue weighted by Crippen LogP contribution is -2.36. The van der Waals surface area contributed by atoms with E-state index >= 15 is 0 Å². The highest BCUT2D eigenvalue weighted by Gasteiger charge is 2.32. The lowest BCUT2D eigenvalue weighted by atomic mass is 9.81. The Labute approximate surface area is 117 Å². The molecule has 2 unspecified atom stereocenters. The Kier molecular flexibility index (Phi) is 3.62. The topological polar surface area (TPSA) is 35.2 Å². The van der Waals surface area contributed by atoms with Gasteiger partial charge in [0.1, 0.15) is 11.9 Å². The second-order valence-corrected chi connectivity index (χ2v) is 6.49. The van der Waals surface area contributed by atoms with Crippen LogP contribution in [0.1, 0.15) is 50.1 Å². The number of halogens is 1. The lowest BCUT2D eigenvalue weighted by molar-refractivity contribution is 0.0784. The summed E-state index contributed by atoms with van der Waals surface area (Å²) in [5.41, 5.74) is 7.46.